The highest BCUT2D eigenvalue weighted by Gasteiger charge is 2.07. The molecule has 1 aromatic carbocycles. The first-order valence-electron chi connectivity index (χ1n) is 8.43. The maximum Gasteiger partial charge on any atom is 0.163 e. The van der Waals surface area contributed by atoms with E-state index in [2.05, 4.69) is 20.3 Å². The summed E-state index contributed by atoms with van der Waals surface area (Å²) in [5.41, 5.74) is 3.27. The topological polar surface area (TPSA) is 53.9 Å². The smallest absolute Gasteiger partial charge is 0.163 e. The second-order valence-electron chi connectivity index (χ2n) is 6.48. The molecule has 0 unspecified atom stereocenters. The number of nitrogens with zero attached hydrogens (tertiary/aromatic N) is 4. The van der Waals surface area contributed by atoms with Crippen LogP contribution < -0.4 is 5.32 Å². The molecular formula is C20H22FN5. The number of rotatable bonds is 6. The van der Waals surface area contributed by atoms with Gasteiger partial charge in [0.05, 0.1) is 0 Å². The number of nitrogens with one attached hydrogen (secondary N) is 1. The highest BCUT2D eigenvalue weighted by Crippen LogP contribution is 2.18. The van der Waals surface area contributed by atoms with Gasteiger partial charge in [-0.05, 0) is 44.8 Å². The van der Waals surface area contributed by atoms with Crippen molar-refractivity contribution < 1.29 is 4.39 Å². The average Bonchev–Trinajstić information content (AvgIpc) is 2.62. The first-order valence-corrected chi connectivity index (χ1v) is 8.43. The number of aromatic nitrogens is 3. The average molecular weight is 351 g/mol. The van der Waals surface area contributed by atoms with Gasteiger partial charge in [-0.1, -0.05) is 12.1 Å². The Morgan fingerprint density at radius 1 is 1.12 bits per heavy atom. The molecule has 0 amide bonds. The molecule has 0 bridgehead atoms. The minimum atomic E-state index is -0.187. The van der Waals surface area contributed by atoms with E-state index in [1.54, 1.807) is 18.5 Å². The Hall–Kier alpha value is -2.86. The molecule has 134 valence electrons. The highest BCUT2D eigenvalue weighted by atomic mass is 19.1. The minimum absolute atomic E-state index is 0.187. The van der Waals surface area contributed by atoms with Crippen LogP contribution in [-0.4, -0.2) is 33.9 Å². The lowest BCUT2D eigenvalue weighted by atomic mass is 10.1. The molecule has 0 aliphatic heterocycles. The highest BCUT2D eigenvalue weighted by molar-refractivity contribution is 5.56. The molecule has 0 atom stereocenters. The van der Waals surface area contributed by atoms with Gasteiger partial charge in [-0.2, -0.15) is 0 Å². The Morgan fingerprint density at radius 2 is 1.96 bits per heavy atom. The van der Waals surface area contributed by atoms with Crippen molar-refractivity contribution in [1.29, 1.82) is 0 Å². The van der Waals surface area contributed by atoms with Crippen molar-refractivity contribution in [3.05, 3.63) is 71.4 Å². The summed E-state index contributed by atoms with van der Waals surface area (Å²) in [5.74, 6) is 1.13. The van der Waals surface area contributed by atoms with Crippen LogP contribution in [0, 0.1) is 12.7 Å². The normalized spacial score (nSPS) is 11.0. The molecule has 0 fully saturated rings. The van der Waals surface area contributed by atoms with Crippen LogP contribution in [0.2, 0.25) is 0 Å². The largest absolute Gasteiger partial charge is 0.366 e. The quantitative estimate of drug-likeness (QED) is 0.734. The Kier molecular flexibility index (Phi) is 5.53. The van der Waals surface area contributed by atoms with Crippen LogP contribution in [0.25, 0.3) is 11.4 Å². The van der Waals surface area contributed by atoms with Crippen LogP contribution in [0.3, 0.4) is 0 Å². The Bertz CT molecular complexity index is 881. The Labute approximate surface area is 153 Å². The zero-order chi connectivity index (χ0) is 18.5. The molecule has 0 radical (unpaired) electrons. The van der Waals surface area contributed by atoms with Crippen molar-refractivity contribution in [2.45, 2.75) is 20.0 Å². The third kappa shape index (κ3) is 4.61. The first-order chi connectivity index (χ1) is 12.5. The fourth-order valence-corrected chi connectivity index (χ4v) is 2.65. The molecule has 0 aliphatic rings. The van der Waals surface area contributed by atoms with Crippen LogP contribution in [0.15, 0.2) is 48.8 Å². The van der Waals surface area contributed by atoms with E-state index < -0.39 is 0 Å². The van der Waals surface area contributed by atoms with E-state index in [4.69, 9.17) is 0 Å². The van der Waals surface area contributed by atoms with Crippen LogP contribution in [0.1, 0.15) is 16.8 Å². The fraction of sp³-hybridized carbons (Fsp3) is 0.250. The lowest BCUT2D eigenvalue weighted by Gasteiger charge is -2.12. The predicted molar refractivity (Wildman–Crippen MR) is 101 cm³/mol. The van der Waals surface area contributed by atoms with Crippen LogP contribution in [0.5, 0.6) is 0 Å². The Morgan fingerprint density at radius 3 is 2.65 bits per heavy atom. The van der Waals surface area contributed by atoms with Gasteiger partial charge in [-0.3, -0.25) is 4.98 Å². The SMILES string of the molecule is Cc1cc(NCc2ccc(CN(C)C)c(F)c2)nc(-c2cccnc2)n1. The first kappa shape index (κ1) is 17.9. The molecule has 2 heterocycles. The molecule has 1 N–H and O–H groups in total. The Balaban J connectivity index is 1.74. The summed E-state index contributed by atoms with van der Waals surface area (Å²) in [6, 6.07) is 11.0. The van der Waals surface area contributed by atoms with Gasteiger partial charge in [0.1, 0.15) is 11.6 Å². The summed E-state index contributed by atoms with van der Waals surface area (Å²) in [6.07, 6.45) is 3.45. The molecular weight excluding hydrogens is 329 g/mol. The van der Waals surface area contributed by atoms with E-state index in [1.165, 1.54) is 0 Å². The number of benzene rings is 1. The number of halogens is 1. The lowest BCUT2D eigenvalue weighted by molar-refractivity contribution is 0.392. The zero-order valence-corrected chi connectivity index (χ0v) is 15.2. The number of aryl methyl sites for hydroxylation is 1. The molecule has 3 rings (SSSR count). The summed E-state index contributed by atoms with van der Waals surface area (Å²) in [4.78, 5) is 15.0. The van der Waals surface area contributed by atoms with Gasteiger partial charge in [0.15, 0.2) is 5.82 Å². The summed E-state index contributed by atoms with van der Waals surface area (Å²) in [5, 5.41) is 3.25. The standard InChI is InChI=1S/C20H22FN5/c1-14-9-19(25-20(24-14)16-5-4-8-22-12-16)23-11-15-6-7-17(13-26(2)3)18(21)10-15/h4-10,12H,11,13H2,1-3H3,(H,23,24,25). The zero-order valence-electron chi connectivity index (χ0n) is 15.2. The summed E-state index contributed by atoms with van der Waals surface area (Å²) in [7, 11) is 3.85. The number of pyridine rings is 1. The molecule has 0 aliphatic carbocycles. The molecule has 0 spiro atoms. The van der Waals surface area contributed by atoms with Crippen LogP contribution >= 0.6 is 0 Å². The minimum Gasteiger partial charge on any atom is -0.366 e. The second kappa shape index (κ2) is 8.01. The monoisotopic (exact) mass is 351 g/mol. The molecule has 3 aromatic rings. The van der Waals surface area contributed by atoms with Crippen molar-refractivity contribution in [2.24, 2.45) is 0 Å². The van der Waals surface area contributed by atoms with Crippen molar-refractivity contribution >= 4 is 5.82 Å². The second-order valence-corrected chi connectivity index (χ2v) is 6.48. The van der Waals surface area contributed by atoms with Gasteiger partial charge in [0.25, 0.3) is 0 Å². The third-order valence-corrected chi connectivity index (χ3v) is 3.85. The number of hydrogen-bond donors (Lipinski definition) is 1. The van der Waals surface area contributed by atoms with Crippen molar-refractivity contribution in [3.8, 4) is 11.4 Å². The fourth-order valence-electron chi connectivity index (χ4n) is 2.65. The van der Waals surface area contributed by atoms with Gasteiger partial charge in [-0.15, -0.1) is 0 Å². The van der Waals surface area contributed by atoms with Crippen molar-refractivity contribution in [3.63, 3.8) is 0 Å². The van der Waals surface area contributed by atoms with Crippen LogP contribution in [0.4, 0.5) is 10.2 Å². The maximum atomic E-state index is 14.2. The van der Waals surface area contributed by atoms with Crippen molar-refractivity contribution in [1.82, 2.24) is 19.9 Å². The van der Waals surface area contributed by atoms with Crippen molar-refractivity contribution in [2.75, 3.05) is 19.4 Å². The van der Waals surface area contributed by atoms with E-state index in [9.17, 15) is 4.39 Å². The number of anilines is 1. The van der Waals surface area contributed by atoms with Crippen LogP contribution in [-0.2, 0) is 13.1 Å². The molecule has 5 nitrogen and oxygen atoms in total. The van der Waals surface area contributed by atoms with Gasteiger partial charge >= 0.3 is 0 Å². The number of hydrogen-bond acceptors (Lipinski definition) is 5. The molecule has 26 heavy (non-hydrogen) atoms. The molecule has 0 saturated heterocycles. The van der Waals surface area contributed by atoms with E-state index in [1.807, 2.05) is 56.3 Å². The van der Waals surface area contributed by atoms with Gasteiger partial charge < -0.3 is 10.2 Å². The van der Waals surface area contributed by atoms with E-state index >= 15 is 0 Å². The summed E-state index contributed by atoms with van der Waals surface area (Å²) in [6.45, 7) is 2.99. The summed E-state index contributed by atoms with van der Waals surface area (Å²) < 4.78 is 14.2. The van der Waals surface area contributed by atoms with E-state index in [-0.39, 0.29) is 5.82 Å². The summed E-state index contributed by atoms with van der Waals surface area (Å²) >= 11 is 0. The van der Waals surface area contributed by atoms with Gasteiger partial charge in [0, 0.05) is 48.4 Å². The van der Waals surface area contributed by atoms with Gasteiger partial charge in [0.2, 0.25) is 0 Å². The molecule has 2 aromatic heterocycles. The third-order valence-electron chi connectivity index (χ3n) is 3.85. The van der Waals surface area contributed by atoms with E-state index in [0.717, 1.165) is 16.8 Å². The molecule has 6 heteroatoms. The van der Waals surface area contributed by atoms with E-state index in [0.29, 0.717) is 30.3 Å². The lowest BCUT2D eigenvalue weighted by Crippen LogP contribution is -2.12. The maximum absolute atomic E-state index is 14.2. The van der Waals surface area contributed by atoms with Gasteiger partial charge in [-0.25, -0.2) is 14.4 Å². The predicted octanol–water partition coefficient (Wildman–Crippen LogP) is 3.66. The molecule has 0 saturated carbocycles.